The van der Waals surface area contributed by atoms with Crippen LogP contribution in [0.25, 0.3) is 0 Å². The van der Waals surface area contributed by atoms with Crippen LogP contribution in [0.15, 0.2) is 53.4 Å². The van der Waals surface area contributed by atoms with E-state index in [-0.39, 0.29) is 10.5 Å². The summed E-state index contributed by atoms with van der Waals surface area (Å²) >= 11 is 0. The van der Waals surface area contributed by atoms with Gasteiger partial charge in [0.2, 0.25) is 0 Å². The van der Waals surface area contributed by atoms with Crippen molar-refractivity contribution >= 4 is 16.1 Å². The summed E-state index contributed by atoms with van der Waals surface area (Å²) in [4.78, 5) is 11.6. The van der Waals surface area contributed by atoms with Gasteiger partial charge in [0, 0.05) is 0 Å². The van der Waals surface area contributed by atoms with Gasteiger partial charge in [0.05, 0.1) is 10.5 Å². The van der Waals surface area contributed by atoms with Gasteiger partial charge < -0.3 is 9.29 Å². The number of hydrogen-bond acceptors (Lipinski definition) is 5. The molecule has 1 atom stereocenters. The monoisotopic (exact) mass is 333 g/mol. The molecule has 23 heavy (non-hydrogen) atoms. The molecule has 0 aliphatic rings. The lowest BCUT2D eigenvalue weighted by atomic mass is 9.99. The van der Waals surface area contributed by atoms with Gasteiger partial charge in [0.15, 0.2) is 0 Å². The fourth-order valence-electron chi connectivity index (χ4n) is 2.02. The van der Waals surface area contributed by atoms with Crippen LogP contribution < -0.4 is 4.74 Å². The molecule has 2 rings (SSSR count). The quantitative estimate of drug-likeness (QED) is 0.476. The zero-order valence-electron chi connectivity index (χ0n) is 12.9. The maximum atomic E-state index is 12.0. The minimum atomic E-state index is -4.52. The van der Waals surface area contributed by atoms with Crippen molar-refractivity contribution in [3.8, 4) is 5.75 Å². The number of hydrogen-bond donors (Lipinski definition) is 0. The van der Waals surface area contributed by atoms with Crippen LogP contribution in [0.2, 0.25) is 0 Å². The van der Waals surface area contributed by atoms with Gasteiger partial charge in [-0.1, -0.05) is 26.0 Å². The Morgan fingerprint density at radius 2 is 1.65 bits per heavy atom. The minimum absolute atomic E-state index is 0.170. The van der Waals surface area contributed by atoms with Crippen molar-refractivity contribution in [2.75, 3.05) is 0 Å². The zero-order valence-corrected chi connectivity index (χ0v) is 13.7. The topological polar surface area (TPSA) is 83.5 Å². The lowest BCUT2D eigenvalue weighted by molar-refractivity contribution is 0.0734. The number of carbonyl (C=O) groups is 1. The second-order valence-corrected chi connectivity index (χ2v) is 6.63. The molecular weight excluding hydrogens is 316 g/mol. The van der Waals surface area contributed by atoms with Crippen LogP contribution in [0.1, 0.15) is 42.1 Å². The molecule has 122 valence electrons. The van der Waals surface area contributed by atoms with E-state index in [1.165, 1.54) is 12.1 Å². The molecule has 0 amide bonds. The number of esters is 1. The Bertz CT molecular complexity index is 777. The Balaban J connectivity index is 2.10. The second kappa shape index (κ2) is 6.93. The summed E-state index contributed by atoms with van der Waals surface area (Å²) in [5, 5.41) is 0. The van der Waals surface area contributed by atoms with Crippen molar-refractivity contribution in [2.45, 2.75) is 31.1 Å². The normalized spacial score (nSPS) is 12.7. The lowest BCUT2D eigenvalue weighted by Gasteiger charge is -2.10. The summed E-state index contributed by atoms with van der Waals surface area (Å²) in [5.74, 6) is 0.222. The van der Waals surface area contributed by atoms with Crippen LogP contribution in [0.3, 0.4) is 0 Å². The Morgan fingerprint density at radius 1 is 1.09 bits per heavy atom. The van der Waals surface area contributed by atoms with Gasteiger partial charge in [0.1, 0.15) is 15.9 Å². The Hall–Kier alpha value is -2.18. The van der Waals surface area contributed by atoms with E-state index in [1.807, 2.05) is 12.1 Å². The summed E-state index contributed by atoms with van der Waals surface area (Å²) in [6.07, 6.45) is 1.02. The molecule has 2 aromatic rings. The largest absolute Gasteiger partial charge is 0.744 e. The molecule has 0 saturated heterocycles. The van der Waals surface area contributed by atoms with Gasteiger partial charge in [0.25, 0.3) is 0 Å². The van der Waals surface area contributed by atoms with Gasteiger partial charge in [-0.25, -0.2) is 13.2 Å². The lowest BCUT2D eigenvalue weighted by Crippen LogP contribution is -2.09. The highest BCUT2D eigenvalue weighted by molar-refractivity contribution is 7.85. The van der Waals surface area contributed by atoms with Crippen molar-refractivity contribution in [1.82, 2.24) is 0 Å². The molecule has 5 nitrogen and oxygen atoms in total. The molecule has 0 heterocycles. The highest BCUT2D eigenvalue weighted by Crippen LogP contribution is 2.22. The predicted molar refractivity (Wildman–Crippen MR) is 84.5 cm³/mol. The first kappa shape index (κ1) is 17.2. The van der Waals surface area contributed by atoms with E-state index in [4.69, 9.17) is 4.74 Å². The van der Waals surface area contributed by atoms with Gasteiger partial charge >= 0.3 is 5.97 Å². The molecule has 6 heteroatoms. The average molecular weight is 333 g/mol. The van der Waals surface area contributed by atoms with Crippen LogP contribution in [-0.4, -0.2) is 18.9 Å². The number of carbonyl (C=O) groups excluding carboxylic acids is 1. The van der Waals surface area contributed by atoms with E-state index in [2.05, 4.69) is 13.8 Å². The van der Waals surface area contributed by atoms with Crippen LogP contribution >= 0.6 is 0 Å². The van der Waals surface area contributed by atoms with Gasteiger partial charge in [-0.15, -0.1) is 0 Å². The van der Waals surface area contributed by atoms with E-state index in [9.17, 15) is 17.8 Å². The summed E-state index contributed by atoms with van der Waals surface area (Å²) < 4.78 is 37.8. The highest BCUT2D eigenvalue weighted by Gasteiger charge is 2.10. The number of rotatable bonds is 5. The third kappa shape index (κ3) is 4.40. The van der Waals surface area contributed by atoms with Gasteiger partial charge in [-0.05, 0) is 54.3 Å². The molecule has 0 aromatic heterocycles. The molecular formula is C17H17O5S-. The Labute approximate surface area is 135 Å². The molecule has 0 bridgehead atoms. The second-order valence-electron chi connectivity index (χ2n) is 5.25. The van der Waals surface area contributed by atoms with Crippen molar-refractivity contribution < 1.29 is 22.5 Å². The molecule has 1 unspecified atom stereocenters. The van der Waals surface area contributed by atoms with E-state index in [0.717, 1.165) is 24.1 Å². The summed E-state index contributed by atoms with van der Waals surface area (Å²) in [7, 11) is -4.52. The fraction of sp³-hybridized carbons (Fsp3) is 0.235. The minimum Gasteiger partial charge on any atom is -0.744 e. The van der Waals surface area contributed by atoms with Crippen molar-refractivity contribution in [3.63, 3.8) is 0 Å². The molecule has 0 spiro atoms. The van der Waals surface area contributed by atoms with Gasteiger partial charge in [-0.2, -0.15) is 0 Å². The van der Waals surface area contributed by atoms with Crippen molar-refractivity contribution in [2.24, 2.45) is 0 Å². The van der Waals surface area contributed by atoms with Crippen LogP contribution in [-0.2, 0) is 10.1 Å². The summed E-state index contributed by atoms with van der Waals surface area (Å²) in [6, 6.07) is 11.9. The summed E-state index contributed by atoms with van der Waals surface area (Å²) in [5.41, 5.74) is 1.33. The van der Waals surface area contributed by atoms with E-state index < -0.39 is 16.1 Å². The summed E-state index contributed by atoms with van der Waals surface area (Å²) in [6.45, 7) is 4.22. The zero-order chi connectivity index (χ0) is 17.0. The molecule has 0 aliphatic carbocycles. The highest BCUT2D eigenvalue weighted by atomic mass is 32.2. The molecule has 0 aliphatic heterocycles. The smallest absolute Gasteiger partial charge is 0.343 e. The Morgan fingerprint density at radius 3 is 2.13 bits per heavy atom. The van der Waals surface area contributed by atoms with Crippen molar-refractivity contribution in [3.05, 3.63) is 59.7 Å². The molecule has 0 fully saturated rings. The molecule has 0 N–H and O–H groups in total. The third-order valence-electron chi connectivity index (χ3n) is 3.65. The standard InChI is InChI=1S/C17H18O5S/c1-3-12(2)13-4-8-15(9-5-13)22-17(18)14-6-10-16(11-7-14)23(19,20)21/h4-12H,3H2,1-2H3,(H,19,20,21)/p-1. The average Bonchev–Trinajstić information content (AvgIpc) is 2.54. The first-order chi connectivity index (χ1) is 10.8. The maximum Gasteiger partial charge on any atom is 0.343 e. The Kier molecular flexibility index (Phi) is 5.18. The molecule has 0 radical (unpaired) electrons. The number of ether oxygens (including phenoxy) is 1. The fourth-order valence-corrected chi connectivity index (χ4v) is 2.49. The maximum absolute atomic E-state index is 12.0. The molecule has 0 saturated carbocycles. The van der Waals surface area contributed by atoms with E-state index in [0.29, 0.717) is 11.7 Å². The predicted octanol–water partition coefficient (Wildman–Crippen LogP) is 3.32. The van der Waals surface area contributed by atoms with Gasteiger partial charge in [-0.3, -0.25) is 0 Å². The van der Waals surface area contributed by atoms with E-state index >= 15 is 0 Å². The van der Waals surface area contributed by atoms with E-state index in [1.54, 1.807) is 12.1 Å². The SMILES string of the molecule is CCC(C)c1ccc(OC(=O)c2ccc(S(=O)(=O)[O-])cc2)cc1. The van der Waals surface area contributed by atoms with Crippen LogP contribution in [0, 0.1) is 0 Å². The van der Waals surface area contributed by atoms with Crippen molar-refractivity contribution in [1.29, 1.82) is 0 Å². The first-order valence-corrected chi connectivity index (χ1v) is 8.60. The van der Waals surface area contributed by atoms with Crippen LogP contribution in [0.4, 0.5) is 0 Å². The number of benzene rings is 2. The third-order valence-corrected chi connectivity index (χ3v) is 4.50. The molecule has 2 aromatic carbocycles. The van der Waals surface area contributed by atoms with Crippen LogP contribution in [0.5, 0.6) is 5.75 Å². The first-order valence-electron chi connectivity index (χ1n) is 7.19.